The number of alkyl halides is 3. The number of halogens is 3. The number of aromatic nitrogens is 1. The highest BCUT2D eigenvalue weighted by Gasteiger charge is 2.38. The summed E-state index contributed by atoms with van der Waals surface area (Å²) in [6.45, 7) is 2.70. The molecule has 0 radical (unpaired) electrons. The summed E-state index contributed by atoms with van der Waals surface area (Å²) in [7, 11) is -0.652. The molecule has 0 saturated heterocycles. The molecule has 0 aliphatic heterocycles. The minimum Gasteiger partial charge on any atom is -0.497 e. The number of carbonyl (C=O) groups is 2. The first-order valence-electron chi connectivity index (χ1n) is 9.64. The standard InChI is InChI=1S/C18H23N3O5S.C2HF3O2/c1-4-5-10-21(2)17-16(11-13(12-19-17)18(22)23)20-27(24,25)15-8-6-14(26-3)7-9-15;3-2(4,5)1(6)7/h6-9,11-12,20H,4-5,10H2,1-3H3,(H,22,23);(H,6,7). The molecule has 1 aromatic carbocycles. The Balaban J connectivity index is 0.000000718. The van der Waals surface area contributed by atoms with Crippen LogP contribution in [0.3, 0.4) is 0 Å². The second-order valence-electron chi connectivity index (χ2n) is 6.76. The molecule has 10 nitrogen and oxygen atoms in total. The number of pyridine rings is 1. The van der Waals surface area contributed by atoms with Gasteiger partial charge in [0.05, 0.1) is 23.3 Å². The van der Waals surface area contributed by atoms with Crippen LogP contribution in [-0.4, -0.2) is 62.4 Å². The molecule has 0 unspecified atom stereocenters. The van der Waals surface area contributed by atoms with Crippen LogP contribution in [0.1, 0.15) is 30.1 Å². The maximum Gasteiger partial charge on any atom is 0.490 e. The SMILES string of the molecule is CCCCN(C)c1ncc(C(=O)O)cc1NS(=O)(=O)c1ccc(OC)cc1.O=C(O)C(F)(F)F. The summed E-state index contributed by atoms with van der Waals surface area (Å²) >= 11 is 0. The average molecular weight is 507 g/mol. The number of hydrogen-bond acceptors (Lipinski definition) is 7. The Morgan fingerprint density at radius 3 is 2.18 bits per heavy atom. The molecule has 0 aliphatic carbocycles. The van der Waals surface area contributed by atoms with E-state index in [2.05, 4.69) is 9.71 Å². The molecule has 3 N–H and O–H groups in total. The Labute approximate surface area is 194 Å². The number of ether oxygens (including phenoxy) is 1. The minimum absolute atomic E-state index is 0.0335. The van der Waals surface area contributed by atoms with Crippen molar-refractivity contribution in [1.82, 2.24) is 4.98 Å². The van der Waals surface area contributed by atoms with Crippen molar-refractivity contribution in [2.75, 3.05) is 30.3 Å². The third-order valence-electron chi connectivity index (χ3n) is 4.18. The van der Waals surface area contributed by atoms with E-state index in [-0.39, 0.29) is 16.1 Å². The predicted molar refractivity (Wildman–Crippen MR) is 117 cm³/mol. The fraction of sp³-hybridized carbons (Fsp3) is 0.350. The van der Waals surface area contributed by atoms with E-state index in [9.17, 15) is 31.5 Å². The number of nitrogens with one attached hydrogen (secondary N) is 1. The number of benzene rings is 1. The van der Waals surface area contributed by atoms with Gasteiger partial charge in [0, 0.05) is 19.8 Å². The number of carboxylic acid groups (broad SMARTS) is 2. The van der Waals surface area contributed by atoms with Gasteiger partial charge in [0.25, 0.3) is 10.0 Å². The number of carboxylic acids is 2. The van der Waals surface area contributed by atoms with Crippen molar-refractivity contribution in [2.45, 2.75) is 30.8 Å². The fourth-order valence-corrected chi connectivity index (χ4v) is 3.47. The summed E-state index contributed by atoms with van der Waals surface area (Å²) in [5.74, 6) is -3.04. The van der Waals surface area contributed by atoms with E-state index in [0.29, 0.717) is 18.1 Å². The van der Waals surface area contributed by atoms with Gasteiger partial charge in [-0.05, 0) is 36.8 Å². The van der Waals surface area contributed by atoms with Crippen molar-refractivity contribution in [1.29, 1.82) is 0 Å². The van der Waals surface area contributed by atoms with Crippen molar-refractivity contribution in [2.24, 2.45) is 0 Å². The number of unbranched alkanes of at least 4 members (excludes halogenated alkanes) is 1. The van der Waals surface area contributed by atoms with Gasteiger partial charge in [0.2, 0.25) is 0 Å². The summed E-state index contributed by atoms with van der Waals surface area (Å²) < 4.78 is 64.7. The Hall–Kier alpha value is -3.55. The second kappa shape index (κ2) is 12.1. The molecule has 0 bridgehead atoms. The van der Waals surface area contributed by atoms with Gasteiger partial charge in [0.15, 0.2) is 5.82 Å². The van der Waals surface area contributed by atoms with Crippen LogP contribution in [-0.2, 0) is 14.8 Å². The lowest BCUT2D eigenvalue weighted by Crippen LogP contribution is -2.23. The van der Waals surface area contributed by atoms with Gasteiger partial charge < -0.3 is 19.8 Å². The van der Waals surface area contributed by atoms with Gasteiger partial charge in [-0.25, -0.2) is 23.0 Å². The molecule has 14 heteroatoms. The van der Waals surface area contributed by atoms with E-state index >= 15 is 0 Å². The van der Waals surface area contributed by atoms with Crippen molar-refractivity contribution in [3.63, 3.8) is 0 Å². The van der Waals surface area contributed by atoms with Gasteiger partial charge in [-0.1, -0.05) is 13.3 Å². The summed E-state index contributed by atoms with van der Waals surface area (Å²) in [5.41, 5.74) is 0.0133. The summed E-state index contributed by atoms with van der Waals surface area (Å²) in [6.07, 6.45) is -2.01. The normalized spacial score (nSPS) is 11.1. The van der Waals surface area contributed by atoms with Crippen LogP contribution >= 0.6 is 0 Å². The van der Waals surface area contributed by atoms with E-state index in [4.69, 9.17) is 14.6 Å². The van der Waals surface area contributed by atoms with Crippen LogP contribution in [0.15, 0.2) is 41.4 Å². The molecular formula is C20H24F3N3O7S. The average Bonchev–Trinajstić information content (AvgIpc) is 2.76. The highest BCUT2D eigenvalue weighted by atomic mass is 32.2. The molecule has 0 atom stereocenters. The number of methoxy groups -OCH3 is 1. The topological polar surface area (TPSA) is 146 Å². The Bertz CT molecular complexity index is 1090. The molecule has 188 valence electrons. The molecular weight excluding hydrogens is 483 g/mol. The maximum atomic E-state index is 12.7. The zero-order valence-corrected chi connectivity index (χ0v) is 19.3. The third-order valence-corrected chi connectivity index (χ3v) is 5.56. The molecule has 1 heterocycles. The molecule has 34 heavy (non-hydrogen) atoms. The van der Waals surface area contributed by atoms with E-state index in [0.717, 1.165) is 12.8 Å². The summed E-state index contributed by atoms with van der Waals surface area (Å²) in [6, 6.07) is 7.17. The molecule has 0 fully saturated rings. The summed E-state index contributed by atoms with van der Waals surface area (Å²) in [5, 5.41) is 16.3. The molecule has 0 aliphatic rings. The van der Waals surface area contributed by atoms with Gasteiger partial charge >= 0.3 is 18.1 Å². The minimum atomic E-state index is -5.08. The predicted octanol–water partition coefficient (Wildman–Crippen LogP) is 3.46. The van der Waals surface area contributed by atoms with Crippen LogP contribution in [0.4, 0.5) is 24.7 Å². The number of anilines is 2. The summed E-state index contributed by atoms with van der Waals surface area (Å²) in [4.78, 5) is 26.1. The van der Waals surface area contributed by atoms with Gasteiger partial charge in [-0.15, -0.1) is 0 Å². The van der Waals surface area contributed by atoms with Gasteiger partial charge in [-0.2, -0.15) is 13.2 Å². The Morgan fingerprint density at radius 2 is 1.74 bits per heavy atom. The Kier molecular flexibility index (Phi) is 10.1. The van der Waals surface area contributed by atoms with Crippen molar-refractivity contribution < 1.29 is 46.1 Å². The highest BCUT2D eigenvalue weighted by molar-refractivity contribution is 7.92. The smallest absolute Gasteiger partial charge is 0.490 e. The monoisotopic (exact) mass is 507 g/mol. The van der Waals surface area contributed by atoms with E-state index in [1.54, 1.807) is 11.9 Å². The number of rotatable bonds is 9. The first-order chi connectivity index (χ1) is 15.7. The number of hydrogen-bond donors (Lipinski definition) is 3. The second-order valence-corrected chi connectivity index (χ2v) is 8.44. The first kappa shape index (κ1) is 28.5. The molecule has 1 aromatic heterocycles. The molecule has 0 saturated carbocycles. The fourth-order valence-electron chi connectivity index (χ4n) is 2.41. The Morgan fingerprint density at radius 1 is 1.18 bits per heavy atom. The first-order valence-corrected chi connectivity index (χ1v) is 11.1. The van der Waals surface area contributed by atoms with E-state index in [1.165, 1.54) is 43.6 Å². The van der Waals surface area contributed by atoms with Crippen LogP contribution in [0.25, 0.3) is 0 Å². The van der Waals surface area contributed by atoms with Crippen LogP contribution in [0.2, 0.25) is 0 Å². The van der Waals surface area contributed by atoms with Gasteiger partial charge in [0.1, 0.15) is 5.75 Å². The zero-order chi connectivity index (χ0) is 26.1. The van der Waals surface area contributed by atoms with E-state index in [1.807, 2.05) is 6.92 Å². The van der Waals surface area contributed by atoms with Crippen LogP contribution in [0, 0.1) is 0 Å². The molecule has 2 aromatic rings. The number of sulfonamides is 1. The largest absolute Gasteiger partial charge is 0.497 e. The van der Waals surface area contributed by atoms with Crippen LogP contribution in [0.5, 0.6) is 5.75 Å². The molecule has 0 amide bonds. The van der Waals surface area contributed by atoms with Crippen molar-refractivity contribution >= 4 is 33.5 Å². The lowest BCUT2D eigenvalue weighted by Gasteiger charge is -2.22. The highest BCUT2D eigenvalue weighted by Crippen LogP contribution is 2.27. The number of nitrogens with zero attached hydrogens (tertiary/aromatic N) is 2. The lowest BCUT2D eigenvalue weighted by atomic mass is 10.2. The number of aromatic carboxylic acids is 1. The van der Waals surface area contributed by atoms with Crippen molar-refractivity contribution in [3.05, 3.63) is 42.1 Å². The maximum absolute atomic E-state index is 12.7. The molecule has 0 spiro atoms. The zero-order valence-electron chi connectivity index (χ0n) is 18.5. The van der Waals surface area contributed by atoms with E-state index < -0.39 is 28.1 Å². The van der Waals surface area contributed by atoms with Gasteiger partial charge in [-0.3, -0.25) is 4.72 Å². The quantitative estimate of drug-likeness (QED) is 0.464. The van der Waals surface area contributed by atoms with Crippen LogP contribution < -0.4 is 14.4 Å². The molecule has 2 rings (SSSR count). The third kappa shape index (κ3) is 8.42. The van der Waals surface area contributed by atoms with Crippen molar-refractivity contribution in [3.8, 4) is 5.75 Å². The lowest BCUT2D eigenvalue weighted by molar-refractivity contribution is -0.192. The number of aliphatic carboxylic acids is 1.